The molecule has 0 aliphatic carbocycles. The molecule has 7 heteroatoms. The molecule has 0 atom stereocenters. The summed E-state index contributed by atoms with van der Waals surface area (Å²) >= 11 is 1.38. The molecule has 0 N–H and O–H groups in total. The van der Waals surface area contributed by atoms with Crippen LogP contribution in [0.25, 0.3) is 5.69 Å². The van der Waals surface area contributed by atoms with Gasteiger partial charge in [-0.2, -0.15) is 5.26 Å². The lowest BCUT2D eigenvalue weighted by atomic mass is 10.1. The zero-order valence-electron chi connectivity index (χ0n) is 16.1. The normalized spacial score (nSPS) is 10.7. The zero-order valence-corrected chi connectivity index (χ0v) is 16.9. The van der Waals surface area contributed by atoms with E-state index in [0.717, 1.165) is 17.1 Å². The highest BCUT2D eigenvalue weighted by molar-refractivity contribution is 7.99. The van der Waals surface area contributed by atoms with Crippen molar-refractivity contribution in [1.29, 1.82) is 5.26 Å². The van der Waals surface area contributed by atoms with Gasteiger partial charge in [0.05, 0.1) is 5.69 Å². The Morgan fingerprint density at radius 1 is 0.931 bits per heavy atom. The van der Waals surface area contributed by atoms with E-state index in [1.54, 1.807) is 12.1 Å². The number of rotatable bonds is 5. The molecule has 0 spiro atoms. The van der Waals surface area contributed by atoms with Gasteiger partial charge in [-0.15, -0.1) is 20.4 Å². The van der Waals surface area contributed by atoms with Crippen LogP contribution in [0.1, 0.15) is 28.2 Å². The Hall–Kier alpha value is -3.50. The number of hydrogen-bond donors (Lipinski definition) is 0. The molecule has 142 valence electrons. The molecule has 2 aromatic carbocycles. The second-order valence-corrected chi connectivity index (χ2v) is 7.64. The van der Waals surface area contributed by atoms with Gasteiger partial charge < -0.3 is 0 Å². The van der Waals surface area contributed by atoms with Gasteiger partial charge in [-0.1, -0.05) is 48.0 Å². The van der Waals surface area contributed by atoms with Gasteiger partial charge >= 0.3 is 0 Å². The predicted octanol–water partition coefficient (Wildman–Crippen LogP) is 4.29. The fraction of sp³-hybridized carbons (Fsp3) is 0.136. The molecule has 0 aliphatic rings. The largest absolute Gasteiger partial charge is 0.273 e. The summed E-state index contributed by atoms with van der Waals surface area (Å²) in [6.07, 6.45) is 0.667. The van der Waals surface area contributed by atoms with Crippen molar-refractivity contribution in [2.75, 3.05) is 0 Å². The average Bonchev–Trinajstić information content (AvgIpc) is 3.11. The van der Waals surface area contributed by atoms with Crippen LogP contribution in [-0.4, -0.2) is 25.0 Å². The molecule has 4 rings (SSSR count). The molecule has 2 aromatic heterocycles. The van der Waals surface area contributed by atoms with Crippen LogP contribution in [0.5, 0.6) is 0 Å². The molecule has 0 saturated heterocycles. The van der Waals surface area contributed by atoms with Gasteiger partial charge in [0.2, 0.25) is 5.16 Å². The minimum absolute atomic E-state index is 0.287. The van der Waals surface area contributed by atoms with Gasteiger partial charge in [-0.05, 0) is 54.9 Å². The molecule has 0 amide bonds. The maximum absolute atomic E-state index is 8.92. The second kappa shape index (κ2) is 8.25. The second-order valence-electron chi connectivity index (χ2n) is 6.66. The third kappa shape index (κ3) is 4.18. The number of aromatic nitrogens is 5. The molecule has 0 unspecified atom stereocenters. The van der Waals surface area contributed by atoms with Gasteiger partial charge in [0, 0.05) is 6.42 Å². The topological polar surface area (TPSA) is 80.3 Å². The molecule has 29 heavy (non-hydrogen) atoms. The Balaban J connectivity index is 1.77. The van der Waals surface area contributed by atoms with E-state index >= 15 is 0 Å². The van der Waals surface area contributed by atoms with Crippen molar-refractivity contribution < 1.29 is 0 Å². The Labute approximate surface area is 173 Å². The summed E-state index contributed by atoms with van der Waals surface area (Å²) in [5, 5.41) is 27.2. The van der Waals surface area contributed by atoms with Crippen LogP contribution in [0, 0.1) is 25.2 Å². The summed E-state index contributed by atoms with van der Waals surface area (Å²) in [4.78, 5) is 0. The van der Waals surface area contributed by atoms with E-state index < -0.39 is 0 Å². The SMILES string of the molecule is Cc1ccc(-n2c(Cc3ccccc3)nnc2Sc2ccc(C#N)nn2)c(C)c1. The highest BCUT2D eigenvalue weighted by Gasteiger charge is 2.18. The predicted molar refractivity (Wildman–Crippen MR) is 111 cm³/mol. The molecule has 0 saturated carbocycles. The van der Waals surface area contributed by atoms with Gasteiger partial charge in [0.25, 0.3) is 0 Å². The highest BCUT2D eigenvalue weighted by atomic mass is 32.2. The van der Waals surface area contributed by atoms with E-state index in [-0.39, 0.29) is 5.69 Å². The minimum Gasteiger partial charge on any atom is -0.273 e. The first-order chi connectivity index (χ1) is 14.1. The van der Waals surface area contributed by atoms with Crippen LogP contribution in [0.3, 0.4) is 0 Å². The summed E-state index contributed by atoms with van der Waals surface area (Å²) in [5.41, 5.74) is 4.84. The van der Waals surface area contributed by atoms with E-state index in [0.29, 0.717) is 16.6 Å². The lowest BCUT2D eigenvalue weighted by Crippen LogP contribution is -2.06. The summed E-state index contributed by atoms with van der Waals surface area (Å²) < 4.78 is 2.08. The zero-order chi connectivity index (χ0) is 20.2. The molecule has 2 heterocycles. The van der Waals surface area contributed by atoms with Crippen molar-refractivity contribution in [3.63, 3.8) is 0 Å². The summed E-state index contributed by atoms with van der Waals surface area (Å²) in [7, 11) is 0. The number of benzene rings is 2. The summed E-state index contributed by atoms with van der Waals surface area (Å²) in [5.74, 6) is 0.854. The van der Waals surface area contributed by atoms with Gasteiger partial charge in [-0.3, -0.25) is 4.57 Å². The first-order valence-corrected chi connectivity index (χ1v) is 9.93. The molecule has 0 fully saturated rings. The standard InChI is InChI=1S/C22H18N6S/c1-15-8-10-19(16(2)12-15)28-20(13-17-6-4-3-5-7-17)25-27-22(28)29-21-11-9-18(14-23)24-26-21/h3-12H,13H2,1-2H3. The van der Waals surface area contributed by atoms with Crippen LogP contribution in [0.4, 0.5) is 0 Å². The van der Waals surface area contributed by atoms with E-state index in [4.69, 9.17) is 5.26 Å². The maximum Gasteiger partial charge on any atom is 0.202 e. The van der Waals surface area contributed by atoms with Crippen molar-refractivity contribution in [1.82, 2.24) is 25.0 Å². The van der Waals surface area contributed by atoms with E-state index in [1.807, 2.05) is 24.3 Å². The molecule has 6 nitrogen and oxygen atoms in total. The van der Waals surface area contributed by atoms with Crippen molar-refractivity contribution in [3.05, 3.63) is 88.9 Å². The Kier molecular flexibility index (Phi) is 5.36. The minimum atomic E-state index is 0.287. The molecular weight excluding hydrogens is 380 g/mol. The maximum atomic E-state index is 8.92. The molecule has 0 radical (unpaired) electrons. The third-order valence-corrected chi connectivity index (χ3v) is 5.32. The first-order valence-electron chi connectivity index (χ1n) is 9.11. The quantitative estimate of drug-likeness (QED) is 0.499. The third-order valence-electron chi connectivity index (χ3n) is 4.45. The number of nitrogens with zero attached hydrogens (tertiary/aromatic N) is 6. The van der Waals surface area contributed by atoms with Crippen molar-refractivity contribution >= 4 is 11.8 Å². The van der Waals surface area contributed by atoms with E-state index in [2.05, 4.69) is 69.1 Å². The number of hydrogen-bond acceptors (Lipinski definition) is 6. The number of aryl methyl sites for hydroxylation is 2. The van der Waals surface area contributed by atoms with Crippen LogP contribution in [0.2, 0.25) is 0 Å². The Bertz CT molecular complexity index is 1180. The molecule has 0 aliphatic heterocycles. The van der Waals surface area contributed by atoms with Crippen LogP contribution in [-0.2, 0) is 6.42 Å². The first kappa shape index (κ1) is 18.8. The van der Waals surface area contributed by atoms with Crippen LogP contribution < -0.4 is 0 Å². The van der Waals surface area contributed by atoms with E-state index in [9.17, 15) is 0 Å². The fourth-order valence-corrected chi connectivity index (χ4v) is 3.87. The van der Waals surface area contributed by atoms with E-state index in [1.165, 1.54) is 22.9 Å². The highest BCUT2D eigenvalue weighted by Crippen LogP contribution is 2.29. The fourth-order valence-electron chi connectivity index (χ4n) is 3.09. The van der Waals surface area contributed by atoms with Crippen molar-refractivity contribution in [2.24, 2.45) is 0 Å². The van der Waals surface area contributed by atoms with Gasteiger partial charge in [-0.25, -0.2) is 0 Å². The van der Waals surface area contributed by atoms with Crippen molar-refractivity contribution in [3.8, 4) is 11.8 Å². The van der Waals surface area contributed by atoms with Gasteiger partial charge in [0.15, 0.2) is 5.69 Å². The molecular formula is C22H18N6S. The van der Waals surface area contributed by atoms with Gasteiger partial charge in [0.1, 0.15) is 16.9 Å². The summed E-state index contributed by atoms with van der Waals surface area (Å²) in [6, 6.07) is 22.0. The lowest BCUT2D eigenvalue weighted by Gasteiger charge is -2.13. The molecule has 0 bridgehead atoms. The number of nitriles is 1. The smallest absolute Gasteiger partial charge is 0.202 e. The van der Waals surface area contributed by atoms with Crippen molar-refractivity contribution in [2.45, 2.75) is 30.5 Å². The molecule has 4 aromatic rings. The summed E-state index contributed by atoms with van der Waals surface area (Å²) in [6.45, 7) is 4.17. The monoisotopic (exact) mass is 398 g/mol. The lowest BCUT2D eigenvalue weighted by molar-refractivity contribution is 0.834. The Morgan fingerprint density at radius 2 is 1.76 bits per heavy atom. The van der Waals surface area contributed by atoms with Crippen LogP contribution >= 0.6 is 11.8 Å². The van der Waals surface area contributed by atoms with Crippen LogP contribution in [0.15, 0.2) is 70.8 Å². The average molecular weight is 398 g/mol. The Morgan fingerprint density at radius 3 is 2.45 bits per heavy atom.